The van der Waals surface area contributed by atoms with E-state index in [1.54, 1.807) is 0 Å². The second kappa shape index (κ2) is 6.72. The van der Waals surface area contributed by atoms with E-state index in [9.17, 15) is 0 Å². The summed E-state index contributed by atoms with van der Waals surface area (Å²) in [7, 11) is 0. The smallest absolute Gasteiger partial charge is 0.0420 e. The SMILES string of the molecule is CCN(CC)C(C)(CC)C(NN)C1CCCC1. The summed E-state index contributed by atoms with van der Waals surface area (Å²) in [6.07, 6.45) is 6.58. The zero-order valence-electron chi connectivity index (χ0n) is 12.1. The number of likely N-dealkylation sites (N-methyl/N-ethyl adjacent to an activating group) is 1. The van der Waals surface area contributed by atoms with E-state index < -0.39 is 0 Å². The van der Waals surface area contributed by atoms with Gasteiger partial charge in [0.05, 0.1) is 0 Å². The van der Waals surface area contributed by atoms with Gasteiger partial charge in [0, 0.05) is 11.6 Å². The van der Waals surface area contributed by atoms with Gasteiger partial charge in [0.25, 0.3) is 0 Å². The van der Waals surface area contributed by atoms with Crippen molar-refractivity contribution in [2.45, 2.75) is 71.4 Å². The highest BCUT2D eigenvalue weighted by atomic mass is 15.3. The lowest BCUT2D eigenvalue weighted by atomic mass is 9.79. The average molecular weight is 241 g/mol. The lowest BCUT2D eigenvalue weighted by Crippen LogP contribution is -2.63. The van der Waals surface area contributed by atoms with Gasteiger partial charge in [-0.25, -0.2) is 0 Å². The third-order valence-electron chi connectivity index (χ3n) is 4.92. The lowest BCUT2D eigenvalue weighted by Gasteiger charge is -2.47. The quantitative estimate of drug-likeness (QED) is 0.531. The number of hydrogen-bond donors (Lipinski definition) is 2. The van der Waals surface area contributed by atoms with Gasteiger partial charge in [-0.1, -0.05) is 33.6 Å². The molecule has 3 nitrogen and oxygen atoms in total. The molecule has 0 saturated heterocycles. The topological polar surface area (TPSA) is 41.3 Å². The molecule has 0 spiro atoms. The molecule has 3 heteroatoms. The maximum absolute atomic E-state index is 5.88. The Kier molecular flexibility index (Phi) is 5.90. The predicted octanol–water partition coefficient (Wildman–Crippen LogP) is 2.52. The molecule has 1 aliphatic carbocycles. The highest BCUT2D eigenvalue weighted by molar-refractivity contribution is 4.99. The fourth-order valence-electron chi connectivity index (χ4n) is 3.70. The Labute approximate surface area is 107 Å². The van der Waals surface area contributed by atoms with Crippen molar-refractivity contribution in [3.63, 3.8) is 0 Å². The highest BCUT2D eigenvalue weighted by Gasteiger charge is 2.41. The van der Waals surface area contributed by atoms with Crippen LogP contribution >= 0.6 is 0 Å². The zero-order valence-corrected chi connectivity index (χ0v) is 12.1. The summed E-state index contributed by atoms with van der Waals surface area (Å²) in [6.45, 7) is 11.4. The van der Waals surface area contributed by atoms with Crippen LogP contribution in [-0.2, 0) is 0 Å². The van der Waals surface area contributed by atoms with Gasteiger partial charge in [0.1, 0.15) is 0 Å². The van der Waals surface area contributed by atoms with E-state index in [2.05, 4.69) is 38.0 Å². The van der Waals surface area contributed by atoms with Crippen molar-refractivity contribution < 1.29 is 0 Å². The lowest BCUT2D eigenvalue weighted by molar-refractivity contribution is 0.0464. The molecule has 17 heavy (non-hydrogen) atoms. The van der Waals surface area contributed by atoms with Gasteiger partial charge in [-0.05, 0) is 45.2 Å². The third kappa shape index (κ3) is 3.01. The number of nitrogens with zero attached hydrogens (tertiary/aromatic N) is 1. The van der Waals surface area contributed by atoms with Crippen molar-refractivity contribution >= 4 is 0 Å². The van der Waals surface area contributed by atoms with Gasteiger partial charge in [-0.15, -0.1) is 0 Å². The van der Waals surface area contributed by atoms with E-state index in [0.29, 0.717) is 6.04 Å². The highest BCUT2D eigenvalue weighted by Crippen LogP contribution is 2.36. The van der Waals surface area contributed by atoms with E-state index in [-0.39, 0.29) is 5.54 Å². The van der Waals surface area contributed by atoms with Crippen molar-refractivity contribution in [1.29, 1.82) is 0 Å². The number of nitrogens with one attached hydrogen (secondary N) is 1. The maximum Gasteiger partial charge on any atom is 0.0420 e. The van der Waals surface area contributed by atoms with Crippen LogP contribution in [0.15, 0.2) is 0 Å². The number of nitrogens with two attached hydrogens (primary N) is 1. The molecule has 0 radical (unpaired) electrons. The Balaban J connectivity index is 2.86. The Bertz CT molecular complexity index is 210. The normalized spacial score (nSPS) is 22.9. The largest absolute Gasteiger partial charge is 0.297 e. The average Bonchev–Trinajstić information content (AvgIpc) is 2.85. The monoisotopic (exact) mass is 241 g/mol. The summed E-state index contributed by atoms with van der Waals surface area (Å²) in [5.41, 5.74) is 3.33. The van der Waals surface area contributed by atoms with E-state index in [0.717, 1.165) is 25.4 Å². The van der Waals surface area contributed by atoms with Gasteiger partial charge in [0.2, 0.25) is 0 Å². The van der Waals surface area contributed by atoms with Crippen molar-refractivity contribution in [3.8, 4) is 0 Å². The molecule has 0 bridgehead atoms. The summed E-state index contributed by atoms with van der Waals surface area (Å²) in [5.74, 6) is 6.64. The summed E-state index contributed by atoms with van der Waals surface area (Å²) < 4.78 is 0. The number of rotatable bonds is 7. The van der Waals surface area contributed by atoms with Gasteiger partial charge < -0.3 is 0 Å². The minimum absolute atomic E-state index is 0.188. The molecule has 0 heterocycles. The minimum atomic E-state index is 0.188. The van der Waals surface area contributed by atoms with Crippen LogP contribution in [0.3, 0.4) is 0 Å². The second-order valence-electron chi connectivity index (χ2n) is 5.57. The van der Waals surface area contributed by atoms with Gasteiger partial charge in [0.15, 0.2) is 0 Å². The molecule has 1 rings (SSSR count). The van der Waals surface area contributed by atoms with Gasteiger partial charge in [-0.3, -0.25) is 16.2 Å². The Morgan fingerprint density at radius 1 is 1.24 bits per heavy atom. The Hall–Kier alpha value is -0.120. The van der Waals surface area contributed by atoms with Crippen LogP contribution in [0, 0.1) is 5.92 Å². The predicted molar refractivity (Wildman–Crippen MR) is 74.7 cm³/mol. The third-order valence-corrected chi connectivity index (χ3v) is 4.92. The van der Waals surface area contributed by atoms with E-state index in [1.807, 2.05) is 0 Å². The first-order valence-electron chi connectivity index (χ1n) is 7.35. The van der Waals surface area contributed by atoms with Crippen LogP contribution < -0.4 is 11.3 Å². The first-order chi connectivity index (χ1) is 8.13. The van der Waals surface area contributed by atoms with E-state index >= 15 is 0 Å². The molecule has 2 unspecified atom stereocenters. The Morgan fingerprint density at radius 2 is 1.76 bits per heavy atom. The van der Waals surface area contributed by atoms with Gasteiger partial charge in [-0.2, -0.15) is 0 Å². The summed E-state index contributed by atoms with van der Waals surface area (Å²) >= 11 is 0. The van der Waals surface area contributed by atoms with Crippen molar-refractivity contribution in [1.82, 2.24) is 10.3 Å². The number of hydrazine groups is 1. The molecule has 0 aromatic carbocycles. The molecule has 1 aliphatic rings. The molecule has 102 valence electrons. The maximum atomic E-state index is 5.88. The molecular weight excluding hydrogens is 210 g/mol. The second-order valence-corrected chi connectivity index (χ2v) is 5.57. The first-order valence-corrected chi connectivity index (χ1v) is 7.35. The molecule has 0 aromatic rings. The molecular formula is C14H31N3. The zero-order chi connectivity index (χ0) is 12.9. The fourth-order valence-corrected chi connectivity index (χ4v) is 3.70. The summed E-state index contributed by atoms with van der Waals surface area (Å²) in [4.78, 5) is 2.57. The summed E-state index contributed by atoms with van der Waals surface area (Å²) in [5, 5.41) is 0. The molecule has 0 aromatic heterocycles. The molecule has 1 saturated carbocycles. The van der Waals surface area contributed by atoms with Crippen LogP contribution in [0.2, 0.25) is 0 Å². The molecule has 3 N–H and O–H groups in total. The minimum Gasteiger partial charge on any atom is -0.297 e. The Morgan fingerprint density at radius 3 is 2.12 bits per heavy atom. The standard InChI is InChI=1S/C14H31N3/c1-5-14(4,17(6-2)7-3)13(16-15)12-10-8-9-11-12/h12-13,16H,5-11,15H2,1-4H3. The molecule has 0 aliphatic heterocycles. The van der Waals surface area contributed by atoms with Crippen LogP contribution in [-0.4, -0.2) is 29.6 Å². The van der Waals surface area contributed by atoms with Crippen molar-refractivity contribution in [3.05, 3.63) is 0 Å². The fraction of sp³-hybridized carbons (Fsp3) is 1.00. The van der Waals surface area contributed by atoms with E-state index in [1.165, 1.54) is 25.7 Å². The van der Waals surface area contributed by atoms with Crippen molar-refractivity contribution in [2.24, 2.45) is 11.8 Å². The van der Waals surface area contributed by atoms with Crippen LogP contribution in [0.5, 0.6) is 0 Å². The van der Waals surface area contributed by atoms with Gasteiger partial charge >= 0.3 is 0 Å². The van der Waals surface area contributed by atoms with Crippen LogP contribution in [0.25, 0.3) is 0 Å². The van der Waals surface area contributed by atoms with Crippen molar-refractivity contribution in [2.75, 3.05) is 13.1 Å². The first kappa shape index (κ1) is 14.9. The molecule has 1 fully saturated rings. The van der Waals surface area contributed by atoms with E-state index in [4.69, 9.17) is 5.84 Å². The molecule has 2 atom stereocenters. The summed E-state index contributed by atoms with van der Waals surface area (Å²) in [6, 6.07) is 0.426. The molecule has 0 amide bonds. The van der Waals surface area contributed by atoms with Crippen LogP contribution in [0.1, 0.15) is 59.8 Å². The van der Waals surface area contributed by atoms with Crippen LogP contribution in [0.4, 0.5) is 0 Å². The number of hydrogen-bond acceptors (Lipinski definition) is 3.